The lowest BCUT2D eigenvalue weighted by Crippen LogP contribution is -2.38. The van der Waals surface area contributed by atoms with Crippen LogP contribution in [0.1, 0.15) is 60.8 Å². The Hall–Kier alpha value is -0.580. The van der Waals surface area contributed by atoms with Crippen molar-refractivity contribution in [1.82, 2.24) is 5.32 Å². The molecule has 0 radical (unpaired) electrons. The summed E-state index contributed by atoms with van der Waals surface area (Å²) in [5, 5.41) is 3.19. The second kappa shape index (κ2) is 9.37. The molecule has 0 aliphatic carbocycles. The summed E-state index contributed by atoms with van der Waals surface area (Å²) in [4.78, 5) is 4.25. The van der Waals surface area contributed by atoms with Gasteiger partial charge in [-0.1, -0.05) is 26.7 Å². The fraction of sp³-hybridized carbons (Fsp3) is 0.933. The van der Waals surface area contributed by atoms with Gasteiger partial charge in [0.15, 0.2) is 5.96 Å². The Morgan fingerprint density at radius 2 is 1.85 bits per heavy atom. The third-order valence-electron chi connectivity index (χ3n) is 3.05. The average molecular weight is 304 g/mol. The van der Waals surface area contributed by atoms with Crippen molar-refractivity contribution in [3.05, 3.63) is 0 Å². The number of aliphatic imine (C=N–C) groups is 1. The molecule has 20 heavy (non-hydrogen) atoms. The van der Waals surface area contributed by atoms with Crippen LogP contribution in [-0.2, 0) is 10.8 Å². The Morgan fingerprint density at radius 3 is 2.35 bits per heavy atom. The predicted molar refractivity (Wildman–Crippen MR) is 90.5 cm³/mol. The van der Waals surface area contributed by atoms with Gasteiger partial charge in [-0.05, 0) is 40.0 Å². The first-order chi connectivity index (χ1) is 9.12. The Balaban J connectivity index is 3.93. The van der Waals surface area contributed by atoms with E-state index in [1.807, 2.05) is 20.8 Å². The normalized spacial score (nSPS) is 16.2. The zero-order valence-corrected chi connectivity index (χ0v) is 14.8. The van der Waals surface area contributed by atoms with Gasteiger partial charge in [-0.15, -0.1) is 0 Å². The number of hydrogen-bond acceptors (Lipinski definition) is 2. The standard InChI is InChI=1S/C15H33N3OS/c1-12(2)8-7-9-13(3)18-14(16)17-10-11-20(19)15(4,5)6/h12-13H,7-11H2,1-6H3,(H3,16,17,18). The summed E-state index contributed by atoms with van der Waals surface area (Å²) in [7, 11) is -0.867. The Labute approximate surface area is 127 Å². The molecule has 0 aliphatic heterocycles. The molecule has 0 heterocycles. The van der Waals surface area contributed by atoms with E-state index < -0.39 is 10.8 Å². The van der Waals surface area contributed by atoms with Gasteiger partial charge in [0, 0.05) is 27.3 Å². The molecule has 0 aliphatic rings. The third kappa shape index (κ3) is 10.2. The molecule has 4 nitrogen and oxygen atoms in total. The fourth-order valence-corrected chi connectivity index (χ4v) is 2.63. The minimum Gasteiger partial charge on any atom is -0.370 e. The molecule has 0 rings (SSSR count). The van der Waals surface area contributed by atoms with Crippen LogP contribution in [0.3, 0.4) is 0 Å². The Morgan fingerprint density at radius 1 is 1.25 bits per heavy atom. The van der Waals surface area contributed by atoms with Gasteiger partial charge in [0.1, 0.15) is 0 Å². The van der Waals surface area contributed by atoms with E-state index in [0.717, 1.165) is 12.3 Å². The molecule has 0 amide bonds. The Kier molecular flexibility index (Phi) is 9.10. The molecule has 2 atom stereocenters. The molecule has 0 bridgehead atoms. The lowest BCUT2D eigenvalue weighted by atomic mass is 10.0. The highest BCUT2D eigenvalue weighted by atomic mass is 32.2. The number of rotatable bonds is 8. The molecule has 5 heteroatoms. The van der Waals surface area contributed by atoms with Gasteiger partial charge in [-0.2, -0.15) is 0 Å². The monoisotopic (exact) mass is 303 g/mol. The van der Waals surface area contributed by atoms with Crippen molar-refractivity contribution in [2.45, 2.75) is 71.6 Å². The summed E-state index contributed by atoms with van der Waals surface area (Å²) in [6.45, 7) is 13.0. The summed E-state index contributed by atoms with van der Waals surface area (Å²) in [6.07, 6.45) is 3.54. The number of nitrogens with one attached hydrogen (secondary N) is 1. The molecule has 0 saturated heterocycles. The molecule has 120 valence electrons. The molecule has 2 unspecified atom stereocenters. The molecular weight excluding hydrogens is 270 g/mol. The maximum absolute atomic E-state index is 11.9. The third-order valence-corrected chi connectivity index (χ3v) is 4.97. The van der Waals surface area contributed by atoms with Crippen LogP contribution < -0.4 is 11.1 Å². The molecule has 0 spiro atoms. The second-order valence-electron chi connectivity index (χ2n) is 6.80. The predicted octanol–water partition coefficient (Wildman–Crippen LogP) is 2.65. The fourth-order valence-electron chi connectivity index (χ4n) is 1.76. The molecule has 3 N–H and O–H groups in total. The molecule has 0 saturated carbocycles. The van der Waals surface area contributed by atoms with Crippen LogP contribution in [0.15, 0.2) is 4.99 Å². The summed E-state index contributed by atoms with van der Waals surface area (Å²) in [5.74, 6) is 1.78. The van der Waals surface area contributed by atoms with Crippen molar-refractivity contribution in [2.75, 3.05) is 12.3 Å². The van der Waals surface area contributed by atoms with Crippen LogP contribution in [-0.4, -0.2) is 33.3 Å². The zero-order valence-electron chi connectivity index (χ0n) is 14.0. The van der Waals surface area contributed by atoms with Crippen molar-refractivity contribution in [1.29, 1.82) is 0 Å². The number of nitrogens with two attached hydrogens (primary N) is 1. The lowest BCUT2D eigenvalue weighted by molar-refractivity contribution is 0.493. The number of hydrogen-bond donors (Lipinski definition) is 2. The van der Waals surface area contributed by atoms with Gasteiger partial charge < -0.3 is 11.1 Å². The number of nitrogens with zero attached hydrogens (tertiary/aromatic N) is 1. The van der Waals surface area contributed by atoms with E-state index in [1.165, 1.54) is 12.8 Å². The van der Waals surface area contributed by atoms with Crippen molar-refractivity contribution >= 4 is 16.8 Å². The molecule has 0 aromatic heterocycles. The van der Waals surface area contributed by atoms with Crippen LogP contribution in [0.25, 0.3) is 0 Å². The molecule has 0 aromatic carbocycles. The maximum atomic E-state index is 11.9. The molecular formula is C15H33N3OS. The quantitative estimate of drug-likeness (QED) is 0.535. The highest BCUT2D eigenvalue weighted by Crippen LogP contribution is 2.11. The smallest absolute Gasteiger partial charge is 0.188 e. The van der Waals surface area contributed by atoms with Crippen LogP contribution >= 0.6 is 0 Å². The topological polar surface area (TPSA) is 67.5 Å². The first-order valence-electron chi connectivity index (χ1n) is 7.58. The van der Waals surface area contributed by atoms with E-state index in [1.54, 1.807) is 0 Å². The highest BCUT2D eigenvalue weighted by molar-refractivity contribution is 7.86. The van der Waals surface area contributed by atoms with E-state index in [4.69, 9.17) is 5.73 Å². The van der Waals surface area contributed by atoms with E-state index in [9.17, 15) is 4.21 Å². The Bertz CT molecular complexity index is 322. The zero-order chi connectivity index (χ0) is 15.8. The molecule has 0 aromatic rings. The summed E-state index contributed by atoms with van der Waals surface area (Å²) < 4.78 is 11.7. The van der Waals surface area contributed by atoms with E-state index in [-0.39, 0.29) is 4.75 Å². The average Bonchev–Trinajstić information content (AvgIpc) is 2.26. The van der Waals surface area contributed by atoms with E-state index >= 15 is 0 Å². The van der Waals surface area contributed by atoms with E-state index in [0.29, 0.717) is 24.3 Å². The lowest BCUT2D eigenvalue weighted by Gasteiger charge is -2.17. The van der Waals surface area contributed by atoms with Gasteiger partial charge in [0.2, 0.25) is 0 Å². The van der Waals surface area contributed by atoms with Gasteiger partial charge >= 0.3 is 0 Å². The van der Waals surface area contributed by atoms with Crippen LogP contribution in [0.4, 0.5) is 0 Å². The minimum absolute atomic E-state index is 0.179. The van der Waals surface area contributed by atoms with Gasteiger partial charge in [-0.3, -0.25) is 9.20 Å². The summed E-state index contributed by atoms with van der Waals surface area (Å²) >= 11 is 0. The van der Waals surface area contributed by atoms with Crippen molar-refractivity contribution in [3.63, 3.8) is 0 Å². The summed E-state index contributed by atoms with van der Waals surface area (Å²) in [6, 6.07) is 0.339. The van der Waals surface area contributed by atoms with Gasteiger partial charge in [-0.25, -0.2) is 0 Å². The molecule has 0 fully saturated rings. The van der Waals surface area contributed by atoms with Gasteiger partial charge in [0.25, 0.3) is 0 Å². The first-order valence-corrected chi connectivity index (χ1v) is 8.89. The first kappa shape index (κ1) is 19.4. The van der Waals surface area contributed by atoms with Crippen LogP contribution in [0, 0.1) is 5.92 Å². The second-order valence-corrected chi connectivity index (χ2v) is 9.12. The van der Waals surface area contributed by atoms with Crippen molar-refractivity contribution in [3.8, 4) is 0 Å². The number of guanidine groups is 1. The van der Waals surface area contributed by atoms with E-state index in [2.05, 4.69) is 31.1 Å². The minimum atomic E-state index is -0.867. The van der Waals surface area contributed by atoms with Gasteiger partial charge in [0.05, 0.1) is 6.54 Å². The highest BCUT2D eigenvalue weighted by Gasteiger charge is 2.18. The van der Waals surface area contributed by atoms with Crippen molar-refractivity contribution in [2.24, 2.45) is 16.6 Å². The maximum Gasteiger partial charge on any atom is 0.188 e. The van der Waals surface area contributed by atoms with Crippen molar-refractivity contribution < 1.29 is 4.21 Å². The summed E-state index contributed by atoms with van der Waals surface area (Å²) in [5.41, 5.74) is 5.84. The van der Waals surface area contributed by atoms with Crippen LogP contribution in [0.2, 0.25) is 0 Å². The largest absolute Gasteiger partial charge is 0.370 e. The van der Waals surface area contributed by atoms with Crippen LogP contribution in [0.5, 0.6) is 0 Å². The SMILES string of the molecule is CC(C)CCCC(C)NC(N)=NCCS(=O)C(C)(C)C.